The Labute approximate surface area is 241 Å². The third-order valence-electron chi connectivity index (χ3n) is 7.38. The molecule has 0 radical (unpaired) electrons. The smallest absolute Gasteiger partial charge is 0.252 e. The molecule has 0 saturated carbocycles. The molecule has 1 amide bonds. The van der Waals surface area contributed by atoms with Gasteiger partial charge in [-0.2, -0.15) is 0 Å². The van der Waals surface area contributed by atoms with Crippen molar-refractivity contribution < 1.29 is 19.0 Å². The maximum absolute atomic E-state index is 13.3. The van der Waals surface area contributed by atoms with E-state index in [1.54, 1.807) is 33.5 Å². The third-order valence-corrected chi connectivity index (χ3v) is 7.38. The van der Waals surface area contributed by atoms with Crippen molar-refractivity contribution in [3.05, 3.63) is 78.4 Å². The van der Waals surface area contributed by atoms with Crippen LogP contribution in [0.3, 0.4) is 0 Å². The molecule has 0 atom stereocenters. The number of nitrogens with zero attached hydrogens (tertiary/aromatic N) is 3. The van der Waals surface area contributed by atoms with E-state index in [9.17, 15) is 4.79 Å². The first kappa shape index (κ1) is 28.0. The summed E-state index contributed by atoms with van der Waals surface area (Å²) in [6.07, 6.45) is 0.880. The summed E-state index contributed by atoms with van der Waals surface area (Å²) in [7, 11) is 4.90. The first-order valence-corrected chi connectivity index (χ1v) is 13.9. The van der Waals surface area contributed by atoms with E-state index in [2.05, 4.69) is 32.6 Å². The van der Waals surface area contributed by atoms with Gasteiger partial charge in [0.15, 0.2) is 0 Å². The zero-order chi connectivity index (χ0) is 28.6. The molecule has 1 aromatic heterocycles. The van der Waals surface area contributed by atoms with E-state index in [0.29, 0.717) is 29.4 Å². The molecule has 3 aromatic carbocycles. The largest absolute Gasteiger partial charge is 0.497 e. The van der Waals surface area contributed by atoms with Crippen LogP contribution in [0, 0.1) is 0 Å². The van der Waals surface area contributed by atoms with Gasteiger partial charge in [-0.05, 0) is 61.5 Å². The first-order valence-electron chi connectivity index (χ1n) is 13.9. The molecule has 2 heterocycles. The molecule has 0 spiro atoms. The minimum absolute atomic E-state index is 0.113. The number of ether oxygens (including phenoxy) is 3. The average molecular weight is 556 g/mol. The van der Waals surface area contributed by atoms with Crippen LogP contribution in [0.15, 0.2) is 72.8 Å². The Hall–Kier alpha value is -4.50. The number of amides is 1. The fourth-order valence-electron chi connectivity index (χ4n) is 5.09. The Balaban J connectivity index is 1.17. The van der Waals surface area contributed by atoms with Crippen molar-refractivity contribution in [3.63, 3.8) is 0 Å². The van der Waals surface area contributed by atoms with E-state index in [0.717, 1.165) is 61.5 Å². The summed E-state index contributed by atoms with van der Waals surface area (Å²) in [5.74, 6) is 2.64. The van der Waals surface area contributed by atoms with Gasteiger partial charge in [0.2, 0.25) is 0 Å². The molecule has 9 nitrogen and oxygen atoms in total. The molecule has 2 N–H and O–H groups in total. The second kappa shape index (κ2) is 13.2. The number of carbonyl (C=O) groups is 1. The lowest BCUT2D eigenvalue weighted by Crippen LogP contribution is -2.47. The predicted octanol–water partition coefficient (Wildman–Crippen LogP) is 4.95. The highest BCUT2D eigenvalue weighted by Crippen LogP contribution is 2.32. The highest BCUT2D eigenvalue weighted by atomic mass is 16.5. The van der Waals surface area contributed by atoms with Crippen LogP contribution in [0.1, 0.15) is 16.8 Å². The van der Waals surface area contributed by atoms with Gasteiger partial charge in [0, 0.05) is 49.9 Å². The van der Waals surface area contributed by atoms with Gasteiger partial charge in [-0.3, -0.25) is 9.69 Å². The molecular formula is C32H37N5O4. The summed E-state index contributed by atoms with van der Waals surface area (Å²) >= 11 is 0. The van der Waals surface area contributed by atoms with E-state index < -0.39 is 0 Å². The molecule has 1 fully saturated rings. The number of piperazine rings is 1. The lowest BCUT2D eigenvalue weighted by Gasteiger charge is -2.36. The van der Waals surface area contributed by atoms with Crippen molar-refractivity contribution in [2.75, 3.05) is 70.8 Å². The minimum atomic E-state index is -0.113. The molecule has 41 heavy (non-hydrogen) atoms. The monoisotopic (exact) mass is 555 g/mol. The predicted molar refractivity (Wildman–Crippen MR) is 163 cm³/mol. The molecular weight excluding hydrogens is 518 g/mol. The van der Waals surface area contributed by atoms with Gasteiger partial charge in [0.1, 0.15) is 23.1 Å². The highest BCUT2D eigenvalue weighted by molar-refractivity contribution is 6.07. The summed E-state index contributed by atoms with van der Waals surface area (Å²) in [5, 5.41) is 7.24. The van der Waals surface area contributed by atoms with Crippen LogP contribution in [-0.2, 0) is 0 Å². The van der Waals surface area contributed by atoms with Crippen LogP contribution < -0.4 is 29.7 Å². The van der Waals surface area contributed by atoms with E-state index in [4.69, 9.17) is 19.2 Å². The number of para-hydroxylation sites is 1. The zero-order valence-corrected chi connectivity index (χ0v) is 23.9. The number of anilines is 3. The second-order valence-electron chi connectivity index (χ2n) is 9.90. The van der Waals surface area contributed by atoms with Crippen molar-refractivity contribution in [3.8, 4) is 17.2 Å². The van der Waals surface area contributed by atoms with Gasteiger partial charge in [-0.25, -0.2) is 4.98 Å². The lowest BCUT2D eigenvalue weighted by atomic mass is 10.1. The molecule has 1 aliphatic heterocycles. The van der Waals surface area contributed by atoms with Gasteiger partial charge in [-0.15, -0.1) is 0 Å². The van der Waals surface area contributed by atoms with E-state index in [1.807, 2.05) is 48.5 Å². The van der Waals surface area contributed by atoms with Crippen molar-refractivity contribution in [1.29, 1.82) is 0 Å². The molecule has 5 rings (SSSR count). The molecule has 1 aliphatic rings. The number of nitrogens with one attached hydrogen (secondary N) is 2. The normalized spacial score (nSPS) is 13.6. The van der Waals surface area contributed by atoms with Gasteiger partial charge >= 0.3 is 0 Å². The summed E-state index contributed by atoms with van der Waals surface area (Å²) in [6, 6.07) is 23.2. The first-order chi connectivity index (χ1) is 20.1. The number of fused-ring (bicyclic) bond motifs is 1. The topological polar surface area (TPSA) is 88.2 Å². The quantitative estimate of drug-likeness (QED) is 0.252. The van der Waals surface area contributed by atoms with E-state index in [1.165, 1.54) is 5.69 Å². The van der Waals surface area contributed by atoms with Gasteiger partial charge in [0.05, 0.1) is 38.1 Å². The van der Waals surface area contributed by atoms with Crippen molar-refractivity contribution in [2.24, 2.45) is 0 Å². The second-order valence-corrected chi connectivity index (χ2v) is 9.90. The Kier molecular flexibility index (Phi) is 9.05. The minimum Gasteiger partial charge on any atom is -0.497 e. The number of hydrogen-bond acceptors (Lipinski definition) is 8. The molecule has 1 saturated heterocycles. The summed E-state index contributed by atoms with van der Waals surface area (Å²) in [5.41, 5.74) is 3.28. The molecule has 0 unspecified atom stereocenters. The molecule has 0 bridgehead atoms. The van der Waals surface area contributed by atoms with Crippen molar-refractivity contribution in [1.82, 2.24) is 15.2 Å². The Morgan fingerprint density at radius 2 is 1.59 bits per heavy atom. The number of aromatic nitrogens is 1. The van der Waals surface area contributed by atoms with Gasteiger partial charge < -0.3 is 29.7 Å². The summed E-state index contributed by atoms with van der Waals surface area (Å²) in [6.45, 7) is 5.51. The Morgan fingerprint density at radius 3 is 2.32 bits per heavy atom. The molecule has 9 heteroatoms. The van der Waals surface area contributed by atoms with Crippen molar-refractivity contribution >= 4 is 34.0 Å². The van der Waals surface area contributed by atoms with E-state index in [-0.39, 0.29) is 5.91 Å². The fourth-order valence-corrected chi connectivity index (χ4v) is 5.09. The molecule has 214 valence electrons. The van der Waals surface area contributed by atoms with Crippen LogP contribution in [0.25, 0.3) is 10.9 Å². The van der Waals surface area contributed by atoms with Crippen LogP contribution in [-0.4, -0.2) is 76.4 Å². The van der Waals surface area contributed by atoms with Crippen LogP contribution in [0.2, 0.25) is 0 Å². The molecule has 0 aliphatic carbocycles. The zero-order valence-electron chi connectivity index (χ0n) is 23.9. The van der Waals surface area contributed by atoms with Crippen LogP contribution in [0.4, 0.5) is 17.2 Å². The highest BCUT2D eigenvalue weighted by Gasteiger charge is 2.18. The number of methoxy groups -OCH3 is 3. The van der Waals surface area contributed by atoms with E-state index >= 15 is 0 Å². The lowest BCUT2D eigenvalue weighted by molar-refractivity contribution is 0.0953. The van der Waals surface area contributed by atoms with Gasteiger partial charge in [-0.1, -0.05) is 18.2 Å². The number of hydrogen-bond donors (Lipinski definition) is 2. The third kappa shape index (κ3) is 6.81. The Morgan fingerprint density at radius 1 is 0.854 bits per heavy atom. The maximum Gasteiger partial charge on any atom is 0.252 e. The van der Waals surface area contributed by atoms with Crippen LogP contribution in [0.5, 0.6) is 17.2 Å². The summed E-state index contributed by atoms with van der Waals surface area (Å²) in [4.78, 5) is 22.9. The fraction of sp³-hybridized carbons (Fsp3) is 0.312. The SMILES string of the molecule is COc1ccc(N2CCN(CCCNC(=O)c3cc(Nc4ccc(OC)cc4OC)nc4ccccc34)CC2)cc1. The van der Waals surface area contributed by atoms with Gasteiger partial charge in [0.25, 0.3) is 5.91 Å². The van der Waals surface area contributed by atoms with Crippen molar-refractivity contribution in [2.45, 2.75) is 6.42 Å². The number of pyridine rings is 1. The molecule has 4 aromatic rings. The average Bonchev–Trinajstić information content (AvgIpc) is 3.03. The standard InChI is InChI=1S/C32H37N5O4/c1-39-24-11-9-23(10-12-24)37-19-17-36(18-20-37)16-6-15-33-32(38)27-22-31(34-28-8-5-4-7-26(27)28)35-29-14-13-25(40-2)21-30(29)41-3/h4-5,7-14,21-22H,6,15-20H2,1-3H3,(H,33,38)(H,34,35). The Bertz CT molecular complexity index is 1470. The number of rotatable bonds is 11. The number of carbonyl (C=O) groups excluding carboxylic acids is 1. The van der Waals surface area contributed by atoms with Crippen LogP contribution >= 0.6 is 0 Å². The number of benzene rings is 3. The maximum atomic E-state index is 13.3. The summed E-state index contributed by atoms with van der Waals surface area (Å²) < 4.78 is 16.1.